The van der Waals surface area contributed by atoms with Crippen molar-refractivity contribution in [3.63, 3.8) is 0 Å². The van der Waals surface area contributed by atoms with Gasteiger partial charge in [0.25, 0.3) is 0 Å². The molecular weight excluding hydrogens is 412 g/mol. The summed E-state index contributed by atoms with van der Waals surface area (Å²) in [5.41, 5.74) is 0.479. The van der Waals surface area contributed by atoms with Gasteiger partial charge in [0, 0.05) is 10.6 Å². The van der Waals surface area contributed by atoms with E-state index in [0.717, 1.165) is 16.9 Å². The van der Waals surface area contributed by atoms with Crippen LogP contribution in [0.15, 0.2) is 42.5 Å². The van der Waals surface area contributed by atoms with Crippen molar-refractivity contribution in [3.8, 4) is 5.75 Å². The van der Waals surface area contributed by atoms with Gasteiger partial charge in [0.2, 0.25) is 5.79 Å². The van der Waals surface area contributed by atoms with Crippen LogP contribution in [0.3, 0.4) is 0 Å². The fourth-order valence-electron chi connectivity index (χ4n) is 4.05. The lowest BCUT2D eigenvalue weighted by atomic mass is 9.92. The topological polar surface area (TPSA) is 109 Å². The molecule has 7 nitrogen and oxygen atoms in total. The molecule has 0 amide bonds. The molecule has 2 aliphatic rings. The molecular formula is C22H25ClO7. The summed E-state index contributed by atoms with van der Waals surface area (Å²) in [5.74, 6) is -0.863. The van der Waals surface area contributed by atoms with Gasteiger partial charge in [-0.2, -0.15) is 0 Å². The van der Waals surface area contributed by atoms with Gasteiger partial charge in [0.1, 0.15) is 29.7 Å². The maximum Gasteiger partial charge on any atom is 0.225 e. The lowest BCUT2D eigenvalue weighted by Gasteiger charge is -2.42. The highest BCUT2D eigenvalue weighted by Crippen LogP contribution is 2.48. The number of aliphatic hydroxyl groups is 4. The summed E-state index contributed by atoms with van der Waals surface area (Å²) in [7, 11) is 0. The number of hydrogen-bond donors (Lipinski definition) is 4. The number of benzene rings is 2. The van der Waals surface area contributed by atoms with Crippen molar-refractivity contribution < 1.29 is 34.6 Å². The molecule has 2 fully saturated rings. The molecule has 162 valence electrons. The van der Waals surface area contributed by atoms with Crippen molar-refractivity contribution >= 4 is 11.6 Å². The summed E-state index contributed by atoms with van der Waals surface area (Å²) in [6.45, 7) is 1.56. The van der Waals surface area contributed by atoms with E-state index in [4.69, 9.17) is 25.8 Å². The van der Waals surface area contributed by atoms with Gasteiger partial charge in [-0.3, -0.25) is 0 Å². The molecule has 5 atom stereocenters. The van der Waals surface area contributed by atoms with Crippen LogP contribution in [0, 0.1) is 0 Å². The van der Waals surface area contributed by atoms with E-state index in [9.17, 15) is 20.4 Å². The number of aliphatic hydroxyl groups excluding tert-OH is 3. The summed E-state index contributed by atoms with van der Waals surface area (Å²) < 4.78 is 17.0. The van der Waals surface area contributed by atoms with Gasteiger partial charge >= 0.3 is 0 Å². The van der Waals surface area contributed by atoms with Crippen molar-refractivity contribution in [2.75, 3.05) is 19.8 Å². The van der Waals surface area contributed by atoms with Gasteiger partial charge in [-0.05, 0) is 48.7 Å². The minimum atomic E-state index is -1.79. The fraction of sp³-hybridized carbons (Fsp3) is 0.455. The first-order chi connectivity index (χ1) is 14.3. The standard InChI is InChI=1S/C22H25ClO7/c1-2-28-16-6-3-13(4-7-16)9-14-10-15(5-8-17(14)23)22-19(26)18(25)20(30-22)21(27,11-24)12-29-22/h3-8,10,18-20,24-27H,2,9,11-12H2,1H3/t18-,19-,20+,21-,22+/m1/s1. The molecule has 4 N–H and O–H groups in total. The first-order valence-corrected chi connectivity index (χ1v) is 10.2. The van der Waals surface area contributed by atoms with Crippen LogP contribution in [0.1, 0.15) is 23.6 Å². The van der Waals surface area contributed by atoms with Crippen molar-refractivity contribution in [2.24, 2.45) is 0 Å². The Morgan fingerprint density at radius 1 is 1.17 bits per heavy atom. The molecule has 2 aromatic carbocycles. The Morgan fingerprint density at radius 2 is 1.90 bits per heavy atom. The summed E-state index contributed by atoms with van der Waals surface area (Å²) in [5, 5.41) is 41.6. The Bertz CT molecular complexity index is 905. The van der Waals surface area contributed by atoms with Crippen LogP contribution in [0.5, 0.6) is 5.75 Å². The van der Waals surface area contributed by atoms with E-state index in [1.54, 1.807) is 18.2 Å². The minimum Gasteiger partial charge on any atom is -0.494 e. The summed E-state index contributed by atoms with van der Waals surface area (Å²) in [6.07, 6.45) is -3.52. The molecule has 2 saturated heterocycles. The molecule has 0 spiro atoms. The second kappa shape index (κ2) is 8.09. The highest BCUT2D eigenvalue weighted by atomic mass is 35.5. The molecule has 8 heteroatoms. The average Bonchev–Trinajstić information content (AvgIpc) is 2.98. The van der Waals surface area contributed by atoms with Crippen molar-refractivity contribution in [1.29, 1.82) is 0 Å². The predicted octanol–water partition coefficient (Wildman–Crippen LogP) is 1.36. The highest BCUT2D eigenvalue weighted by Gasteiger charge is 2.66. The van der Waals surface area contributed by atoms with Crippen LogP contribution in [0.2, 0.25) is 5.02 Å². The molecule has 2 aliphatic heterocycles. The van der Waals surface area contributed by atoms with Gasteiger partial charge in [-0.15, -0.1) is 0 Å². The number of hydrogen-bond acceptors (Lipinski definition) is 7. The largest absolute Gasteiger partial charge is 0.494 e. The van der Waals surface area contributed by atoms with Gasteiger partial charge in [-0.1, -0.05) is 29.8 Å². The van der Waals surface area contributed by atoms with E-state index >= 15 is 0 Å². The van der Waals surface area contributed by atoms with Crippen LogP contribution in [-0.2, 0) is 21.7 Å². The number of rotatable bonds is 6. The second-order valence-corrected chi connectivity index (χ2v) is 8.16. The van der Waals surface area contributed by atoms with E-state index in [2.05, 4.69) is 0 Å². The molecule has 2 bridgehead atoms. The van der Waals surface area contributed by atoms with Gasteiger partial charge in [-0.25, -0.2) is 0 Å². The van der Waals surface area contributed by atoms with Gasteiger partial charge in [0.05, 0.1) is 19.8 Å². The smallest absolute Gasteiger partial charge is 0.225 e. The van der Waals surface area contributed by atoms with Crippen LogP contribution < -0.4 is 4.74 Å². The van der Waals surface area contributed by atoms with Gasteiger partial charge in [0.15, 0.2) is 0 Å². The zero-order chi connectivity index (χ0) is 21.5. The maximum absolute atomic E-state index is 10.7. The molecule has 2 aromatic rings. The molecule has 0 unspecified atom stereocenters. The normalized spacial score (nSPS) is 32.9. The maximum atomic E-state index is 10.7. The first kappa shape index (κ1) is 21.5. The number of fused-ring (bicyclic) bond motifs is 2. The van der Waals surface area contributed by atoms with Crippen LogP contribution >= 0.6 is 11.6 Å². The lowest BCUT2D eigenvalue weighted by Crippen LogP contribution is -2.57. The Kier molecular flexibility index (Phi) is 5.80. The second-order valence-electron chi connectivity index (χ2n) is 7.75. The summed E-state index contributed by atoms with van der Waals surface area (Å²) in [6, 6.07) is 12.8. The molecule has 0 aromatic heterocycles. The highest BCUT2D eigenvalue weighted by molar-refractivity contribution is 6.31. The van der Waals surface area contributed by atoms with Crippen LogP contribution in [0.25, 0.3) is 0 Å². The lowest BCUT2D eigenvalue weighted by molar-refractivity contribution is -0.344. The van der Waals surface area contributed by atoms with E-state index < -0.39 is 36.3 Å². The molecule has 2 heterocycles. The first-order valence-electron chi connectivity index (χ1n) is 9.85. The van der Waals surface area contributed by atoms with Crippen LogP contribution in [0.4, 0.5) is 0 Å². The predicted molar refractivity (Wildman–Crippen MR) is 108 cm³/mol. The average molecular weight is 437 g/mol. The minimum absolute atomic E-state index is 0.293. The molecule has 30 heavy (non-hydrogen) atoms. The van der Waals surface area contributed by atoms with E-state index in [0.29, 0.717) is 23.6 Å². The van der Waals surface area contributed by atoms with Crippen molar-refractivity contribution in [2.45, 2.75) is 43.0 Å². The zero-order valence-corrected chi connectivity index (χ0v) is 17.2. The Hall–Kier alpha value is -1.71. The number of ether oxygens (including phenoxy) is 3. The van der Waals surface area contributed by atoms with Crippen molar-refractivity contribution in [3.05, 3.63) is 64.2 Å². The third kappa shape index (κ3) is 3.50. The molecule has 0 aliphatic carbocycles. The zero-order valence-electron chi connectivity index (χ0n) is 16.5. The van der Waals surface area contributed by atoms with Gasteiger partial charge < -0.3 is 34.6 Å². The third-order valence-electron chi connectivity index (χ3n) is 5.74. The summed E-state index contributed by atoms with van der Waals surface area (Å²) >= 11 is 6.41. The monoisotopic (exact) mass is 436 g/mol. The SMILES string of the molecule is CCOc1ccc(Cc2cc([C@]34OC[C@](O)(CO)[C@@H](O3)[C@H](O)[C@H]4O)ccc2Cl)cc1. The Labute approximate surface area is 179 Å². The molecule has 4 rings (SSSR count). The fourth-order valence-corrected chi connectivity index (χ4v) is 4.24. The van der Waals surface area contributed by atoms with Crippen molar-refractivity contribution in [1.82, 2.24) is 0 Å². The van der Waals surface area contributed by atoms with Crippen LogP contribution in [-0.4, -0.2) is 64.2 Å². The quantitative estimate of drug-likeness (QED) is 0.541. The molecule has 0 saturated carbocycles. The third-order valence-corrected chi connectivity index (χ3v) is 6.11. The van der Waals surface area contributed by atoms with E-state index in [1.807, 2.05) is 31.2 Å². The number of halogens is 1. The van der Waals surface area contributed by atoms with E-state index in [1.165, 1.54) is 0 Å². The Morgan fingerprint density at radius 3 is 2.57 bits per heavy atom. The Balaban J connectivity index is 1.63. The summed E-state index contributed by atoms with van der Waals surface area (Å²) in [4.78, 5) is 0. The molecule has 0 radical (unpaired) electrons. The van der Waals surface area contributed by atoms with E-state index in [-0.39, 0.29) is 6.61 Å².